The number of rotatable bonds is 1. The number of aromatic amines is 1. The Hall–Kier alpha value is -0.441. The van der Waals surface area contributed by atoms with Gasteiger partial charge in [-0.1, -0.05) is 0 Å². The number of fused-ring (bicyclic) bond motifs is 1. The summed E-state index contributed by atoms with van der Waals surface area (Å²) in [6.07, 6.45) is 0. The zero-order valence-electron chi connectivity index (χ0n) is 6.39. The molecule has 0 unspecified atom stereocenters. The van der Waals surface area contributed by atoms with Gasteiger partial charge < -0.3 is 0 Å². The molecule has 1 aromatic heterocycles. The number of benzene rings is 1. The molecule has 0 saturated carbocycles. The third-order valence-electron chi connectivity index (χ3n) is 1.80. The molecular formula is C9H9NSn. The van der Waals surface area contributed by atoms with Crippen LogP contribution in [0.25, 0.3) is 10.9 Å². The molecule has 2 heteroatoms. The van der Waals surface area contributed by atoms with Crippen molar-refractivity contribution in [1.29, 1.82) is 0 Å². The van der Waals surface area contributed by atoms with Crippen LogP contribution in [0.2, 0.25) is 4.94 Å². The maximum absolute atomic E-state index is 3.42. The minimum atomic E-state index is -0.270. The van der Waals surface area contributed by atoms with E-state index in [4.69, 9.17) is 0 Å². The summed E-state index contributed by atoms with van der Waals surface area (Å²) in [5, 5.41) is 1.35. The van der Waals surface area contributed by atoms with E-state index in [1.807, 2.05) is 0 Å². The fourth-order valence-corrected chi connectivity index (χ4v) is 2.80. The van der Waals surface area contributed by atoms with E-state index in [0.717, 1.165) is 0 Å². The van der Waals surface area contributed by atoms with Crippen LogP contribution < -0.4 is 3.71 Å². The van der Waals surface area contributed by atoms with Crippen LogP contribution in [-0.4, -0.2) is 26.1 Å². The average molecular weight is 250 g/mol. The van der Waals surface area contributed by atoms with Crippen LogP contribution in [0, 0.1) is 0 Å². The van der Waals surface area contributed by atoms with Crippen molar-refractivity contribution >= 4 is 35.8 Å². The van der Waals surface area contributed by atoms with E-state index in [2.05, 4.69) is 40.3 Å². The van der Waals surface area contributed by atoms with Gasteiger partial charge in [0.05, 0.1) is 0 Å². The number of para-hydroxylation sites is 1. The summed E-state index contributed by atoms with van der Waals surface area (Å²) >= 11 is -0.270. The second-order valence-electron chi connectivity index (χ2n) is 2.52. The first-order chi connectivity index (χ1) is 5.40. The Labute approximate surface area is 76.0 Å². The molecule has 0 aliphatic rings. The summed E-state index contributed by atoms with van der Waals surface area (Å²) < 4.78 is 1.48. The molecule has 2 radical (unpaired) electrons. The second-order valence-corrected chi connectivity index (χ2v) is 5.48. The van der Waals surface area contributed by atoms with E-state index in [1.54, 1.807) is 0 Å². The van der Waals surface area contributed by atoms with Crippen molar-refractivity contribution in [2.24, 2.45) is 0 Å². The molecular weight excluding hydrogens is 241 g/mol. The third kappa shape index (κ3) is 1.29. The molecule has 0 aliphatic heterocycles. The Kier molecular flexibility index (Phi) is 1.90. The van der Waals surface area contributed by atoms with Gasteiger partial charge in [-0.25, -0.2) is 0 Å². The van der Waals surface area contributed by atoms with Crippen LogP contribution in [0.15, 0.2) is 30.3 Å². The SMILES string of the molecule is [CH3][Sn][c]1cc2ccccc2[nH]1. The summed E-state index contributed by atoms with van der Waals surface area (Å²) in [6, 6.07) is 10.7. The van der Waals surface area contributed by atoms with Crippen LogP contribution in [0.3, 0.4) is 0 Å². The number of hydrogen-bond donors (Lipinski definition) is 1. The molecule has 0 atom stereocenters. The van der Waals surface area contributed by atoms with Crippen LogP contribution in [0.5, 0.6) is 0 Å². The van der Waals surface area contributed by atoms with Crippen LogP contribution >= 0.6 is 0 Å². The Morgan fingerprint density at radius 2 is 2.09 bits per heavy atom. The summed E-state index contributed by atoms with van der Waals surface area (Å²) in [5.74, 6) is 0. The van der Waals surface area contributed by atoms with Crippen molar-refractivity contribution < 1.29 is 0 Å². The molecule has 2 rings (SSSR count). The zero-order chi connectivity index (χ0) is 7.68. The van der Waals surface area contributed by atoms with E-state index >= 15 is 0 Å². The van der Waals surface area contributed by atoms with Gasteiger partial charge in [0.2, 0.25) is 0 Å². The maximum atomic E-state index is 3.42. The molecule has 0 spiro atoms. The van der Waals surface area contributed by atoms with Gasteiger partial charge in [0.25, 0.3) is 0 Å². The van der Waals surface area contributed by atoms with E-state index in [-0.39, 0.29) is 21.1 Å². The van der Waals surface area contributed by atoms with Gasteiger partial charge in [-0.3, -0.25) is 0 Å². The van der Waals surface area contributed by atoms with Crippen molar-refractivity contribution in [2.75, 3.05) is 0 Å². The summed E-state index contributed by atoms with van der Waals surface area (Å²) in [4.78, 5) is 5.75. The first kappa shape index (κ1) is 7.22. The Morgan fingerprint density at radius 3 is 2.82 bits per heavy atom. The average Bonchev–Trinajstić information content (AvgIpc) is 2.46. The van der Waals surface area contributed by atoms with Gasteiger partial charge in [0.15, 0.2) is 0 Å². The molecule has 0 fully saturated rings. The molecule has 1 N–H and O–H groups in total. The topological polar surface area (TPSA) is 15.8 Å². The fourth-order valence-electron chi connectivity index (χ4n) is 1.21. The molecule has 54 valence electrons. The van der Waals surface area contributed by atoms with Crippen molar-refractivity contribution in [3.63, 3.8) is 0 Å². The molecule has 1 aromatic carbocycles. The van der Waals surface area contributed by atoms with Crippen molar-refractivity contribution in [1.82, 2.24) is 4.98 Å². The predicted molar refractivity (Wildman–Crippen MR) is 49.6 cm³/mol. The second kappa shape index (κ2) is 2.89. The molecule has 2 aromatic rings. The molecule has 0 amide bonds. The third-order valence-corrected chi connectivity index (χ3v) is 4.11. The van der Waals surface area contributed by atoms with Crippen molar-refractivity contribution in [2.45, 2.75) is 4.94 Å². The minimum absolute atomic E-state index is 0.270. The monoisotopic (exact) mass is 251 g/mol. The van der Waals surface area contributed by atoms with Crippen LogP contribution in [0.4, 0.5) is 0 Å². The number of hydrogen-bond acceptors (Lipinski definition) is 0. The fraction of sp³-hybridized carbons (Fsp3) is 0.111. The van der Waals surface area contributed by atoms with Crippen molar-refractivity contribution in [3.8, 4) is 0 Å². The van der Waals surface area contributed by atoms with Gasteiger partial charge in [0.1, 0.15) is 0 Å². The molecule has 11 heavy (non-hydrogen) atoms. The van der Waals surface area contributed by atoms with E-state index in [0.29, 0.717) is 0 Å². The standard InChI is InChI=1S/C8H6N.CH3.Sn/c1-2-4-8-7(3-1)5-6-9-8;;/h1-5,9H;1H3;. The first-order valence-electron chi connectivity index (χ1n) is 3.65. The number of aromatic nitrogens is 1. The Balaban J connectivity index is 2.69. The zero-order valence-corrected chi connectivity index (χ0v) is 9.24. The quantitative estimate of drug-likeness (QED) is 0.739. The van der Waals surface area contributed by atoms with Gasteiger partial charge >= 0.3 is 76.0 Å². The van der Waals surface area contributed by atoms with Crippen LogP contribution in [-0.2, 0) is 0 Å². The molecule has 1 heterocycles. The summed E-state index contributed by atoms with van der Waals surface area (Å²) in [7, 11) is 0. The molecule has 0 bridgehead atoms. The van der Waals surface area contributed by atoms with E-state index < -0.39 is 0 Å². The van der Waals surface area contributed by atoms with Gasteiger partial charge in [-0.15, -0.1) is 0 Å². The van der Waals surface area contributed by atoms with Crippen molar-refractivity contribution in [3.05, 3.63) is 30.3 Å². The van der Waals surface area contributed by atoms with Gasteiger partial charge in [0, 0.05) is 0 Å². The number of nitrogens with one attached hydrogen (secondary N) is 1. The predicted octanol–water partition coefficient (Wildman–Crippen LogP) is 1.55. The van der Waals surface area contributed by atoms with Crippen LogP contribution in [0.1, 0.15) is 0 Å². The Bertz CT molecular complexity index is 331. The number of H-pyrrole nitrogens is 1. The summed E-state index contributed by atoms with van der Waals surface area (Å²) in [5.41, 5.74) is 1.28. The van der Waals surface area contributed by atoms with E-state index in [1.165, 1.54) is 14.6 Å². The van der Waals surface area contributed by atoms with Gasteiger partial charge in [-0.05, 0) is 0 Å². The normalized spacial score (nSPS) is 10.6. The summed E-state index contributed by atoms with van der Waals surface area (Å²) in [6.45, 7) is 0. The first-order valence-corrected chi connectivity index (χ1v) is 7.94. The molecule has 0 aliphatic carbocycles. The van der Waals surface area contributed by atoms with Gasteiger partial charge in [-0.2, -0.15) is 0 Å². The molecule has 0 saturated heterocycles. The Morgan fingerprint density at radius 1 is 1.27 bits per heavy atom. The van der Waals surface area contributed by atoms with E-state index in [9.17, 15) is 0 Å². The molecule has 1 nitrogen and oxygen atoms in total.